The minimum Gasteiger partial charge on any atom is -0.504 e. The quantitative estimate of drug-likeness (QED) is 0.503. The lowest BCUT2D eigenvalue weighted by Crippen LogP contribution is -2.05. The molecule has 0 fully saturated rings. The van der Waals surface area contributed by atoms with Crippen LogP contribution in [0.15, 0.2) is 30.3 Å². The Morgan fingerprint density at radius 3 is 2.23 bits per heavy atom. The Bertz CT molecular complexity index is 686. The van der Waals surface area contributed by atoms with E-state index in [0.717, 1.165) is 12.1 Å². The average Bonchev–Trinajstić information content (AvgIpc) is 2.50. The van der Waals surface area contributed by atoms with Gasteiger partial charge in [0, 0.05) is 0 Å². The van der Waals surface area contributed by atoms with E-state index < -0.39 is 23.2 Å². The zero-order valence-electron chi connectivity index (χ0n) is 11.6. The van der Waals surface area contributed by atoms with E-state index in [-0.39, 0.29) is 23.7 Å². The summed E-state index contributed by atoms with van der Waals surface area (Å²) in [6.45, 7) is -0.0993. The lowest BCUT2D eigenvalue weighted by Gasteiger charge is -2.09. The molecule has 0 radical (unpaired) electrons. The Kier molecular flexibility index (Phi) is 4.26. The number of hydrogen-bond donors (Lipinski definition) is 4. The molecule has 0 aliphatic rings. The highest BCUT2D eigenvalue weighted by Crippen LogP contribution is 2.35. The highest BCUT2D eigenvalue weighted by atomic mass is 16.5. The van der Waals surface area contributed by atoms with Crippen molar-refractivity contribution in [2.45, 2.75) is 6.61 Å². The van der Waals surface area contributed by atoms with Crippen molar-refractivity contribution >= 4 is 5.97 Å². The molecular formula is C15H14O7. The number of hydrogen-bond acceptors (Lipinski definition) is 7. The van der Waals surface area contributed by atoms with Gasteiger partial charge in [0.15, 0.2) is 28.7 Å². The number of phenolic OH excluding ortho intramolecular Hbond substituents is 4. The van der Waals surface area contributed by atoms with E-state index in [9.17, 15) is 25.2 Å². The molecule has 7 nitrogen and oxygen atoms in total. The third-order valence-corrected chi connectivity index (χ3v) is 2.92. The first kappa shape index (κ1) is 15.3. The maximum atomic E-state index is 11.8. The van der Waals surface area contributed by atoms with E-state index in [4.69, 9.17) is 9.47 Å². The molecule has 0 amide bonds. The molecule has 4 N–H and O–H groups in total. The first-order chi connectivity index (χ1) is 10.4. The van der Waals surface area contributed by atoms with Crippen LogP contribution in [0.4, 0.5) is 0 Å². The summed E-state index contributed by atoms with van der Waals surface area (Å²) in [5.41, 5.74) is 0.466. The Morgan fingerprint density at radius 2 is 1.64 bits per heavy atom. The number of esters is 1. The Hall–Kier alpha value is -3.09. The monoisotopic (exact) mass is 306 g/mol. The van der Waals surface area contributed by atoms with Crippen LogP contribution in [-0.4, -0.2) is 33.5 Å². The van der Waals surface area contributed by atoms with Gasteiger partial charge in [0.05, 0.1) is 12.7 Å². The summed E-state index contributed by atoms with van der Waals surface area (Å²) in [6, 6.07) is 6.43. The van der Waals surface area contributed by atoms with Gasteiger partial charge in [-0.15, -0.1) is 0 Å². The molecule has 0 unspecified atom stereocenters. The van der Waals surface area contributed by atoms with Gasteiger partial charge in [0.25, 0.3) is 0 Å². The summed E-state index contributed by atoms with van der Waals surface area (Å²) in [5, 5.41) is 37.4. The van der Waals surface area contributed by atoms with Crippen molar-refractivity contribution in [2.24, 2.45) is 0 Å². The maximum Gasteiger partial charge on any atom is 0.338 e. The fourth-order valence-corrected chi connectivity index (χ4v) is 1.77. The van der Waals surface area contributed by atoms with Crippen molar-refractivity contribution in [1.29, 1.82) is 0 Å². The van der Waals surface area contributed by atoms with Crippen molar-refractivity contribution in [3.05, 3.63) is 41.5 Å². The third-order valence-electron chi connectivity index (χ3n) is 2.92. The normalized spacial score (nSPS) is 10.2. The molecular weight excluding hydrogens is 292 g/mol. The van der Waals surface area contributed by atoms with Gasteiger partial charge in [0.2, 0.25) is 0 Å². The SMILES string of the molecule is COc1cc(COC(=O)c2cc(O)c(O)c(O)c2)ccc1O. The van der Waals surface area contributed by atoms with Gasteiger partial charge in [-0.1, -0.05) is 6.07 Å². The van der Waals surface area contributed by atoms with Crippen molar-refractivity contribution in [2.75, 3.05) is 7.11 Å². The molecule has 2 rings (SSSR count). The second-order valence-electron chi connectivity index (χ2n) is 4.45. The van der Waals surface area contributed by atoms with Crippen LogP contribution >= 0.6 is 0 Å². The molecule has 0 aliphatic heterocycles. The summed E-state index contributed by atoms with van der Waals surface area (Å²) in [5.74, 6) is -2.55. The van der Waals surface area contributed by atoms with Crippen molar-refractivity contribution in [1.82, 2.24) is 0 Å². The van der Waals surface area contributed by atoms with Crippen LogP contribution in [0, 0.1) is 0 Å². The molecule has 0 saturated carbocycles. The van der Waals surface area contributed by atoms with Crippen molar-refractivity contribution < 1.29 is 34.7 Å². The molecule has 0 atom stereocenters. The molecule has 0 spiro atoms. The van der Waals surface area contributed by atoms with E-state index in [2.05, 4.69) is 0 Å². The van der Waals surface area contributed by atoms with Gasteiger partial charge < -0.3 is 29.9 Å². The molecule has 0 saturated heterocycles. The van der Waals surface area contributed by atoms with Gasteiger partial charge in [0.1, 0.15) is 6.61 Å². The van der Waals surface area contributed by atoms with E-state index in [1.165, 1.54) is 19.2 Å². The number of aromatic hydroxyl groups is 4. The summed E-state index contributed by atoms with van der Waals surface area (Å²) in [4.78, 5) is 11.8. The zero-order chi connectivity index (χ0) is 16.3. The topological polar surface area (TPSA) is 116 Å². The number of methoxy groups -OCH3 is 1. The number of benzene rings is 2. The van der Waals surface area contributed by atoms with Crippen LogP contribution < -0.4 is 4.74 Å². The second kappa shape index (κ2) is 6.13. The maximum absolute atomic E-state index is 11.8. The number of phenols is 4. The lowest BCUT2D eigenvalue weighted by molar-refractivity contribution is 0.0471. The molecule has 0 bridgehead atoms. The highest BCUT2D eigenvalue weighted by Gasteiger charge is 2.15. The highest BCUT2D eigenvalue weighted by molar-refractivity contribution is 5.91. The first-order valence-corrected chi connectivity index (χ1v) is 6.20. The van der Waals surface area contributed by atoms with Crippen molar-refractivity contribution in [3.63, 3.8) is 0 Å². The molecule has 116 valence electrons. The molecule has 22 heavy (non-hydrogen) atoms. The Morgan fingerprint density at radius 1 is 1.00 bits per heavy atom. The average molecular weight is 306 g/mol. The second-order valence-corrected chi connectivity index (χ2v) is 4.45. The smallest absolute Gasteiger partial charge is 0.338 e. The molecule has 7 heteroatoms. The minimum absolute atomic E-state index is 0.0362. The summed E-state index contributed by atoms with van der Waals surface area (Å²) in [7, 11) is 1.40. The summed E-state index contributed by atoms with van der Waals surface area (Å²) < 4.78 is 9.96. The Balaban J connectivity index is 2.10. The first-order valence-electron chi connectivity index (χ1n) is 6.20. The predicted molar refractivity (Wildman–Crippen MR) is 75.2 cm³/mol. The third kappa shape index (κ3) is 3.14. The fraction of sp³-hybridized carbons (Fsp3) is 0.133. The van der Waals surface area contributed by atoms with E-state index in [1.54, 1.807) is 6.07 Å². The van der Waals surface area contributed by atoms with E-state index in [1.807, 2.05) is 0 Å². The minimum atomic E-state index is -0.794. The predicted octanol–water partition coefficient (Wildman–Crippen LogP) is 1.87. The Labute approximate surface area is 125 Å². The van der Waals surface area contributed by atoms with Gasteiger partial charge in [-0.25, -0.2) is 4.79 Å². The van der Waals surface area contributed by atoms with Crippen LogP contribution in [0.3, 0.4) is 0 Å². The van der Waals surface area contributed by atoms with Crippen LogP contribution in [0.25, 0.3) is 0 Å². The zero-order valence-corrected chi connectivity index (χ0v) is 11.6. The van der Waals surface area contributed by atoms with Crippen LogP contribution in [0.2, 0.25) is 0 Å². The molecule has 0 heterocycles. The molecule has 0 aliphatic carbocycles. The fourth-order valence-electron chi connectivity index (χ4n) is 1.77. The van der Waals surface area contributed by atoms with Gasteiger partial charge in [-0.3, -0.25) is 0 Å². The van der Waals surface area contributed by atoms with Gasteiger partial charge in [-0.05, 0) is 29.8 Å². The summed E-state index contributed by atoms with van der Waals surface area (Å²) >= 11 is 0. The summed E-state index contributed by atoms with van der Waals surface area (Å²) in [6.07, 6.45) is 0. The number of ether oxygens (including phenoxy) is 2. The number of carbonyl (C=O) groups excluding carboxylic acids is 1. The number of carbonyl (C=O) groups is 1. The lowest BCUT2D eigenvalue weighted by atomic mass is 10.2. The molecule has 2 aromatic rings. The molecule has 0 aromatic heterocycles. The number of rotatable bonds is 4. The van der Waals surface area contributed by atoms with E-state index in [0.29, 0.717) is 5.56 Å². The van der Waals surface area contributed by atoms with E-state index >= 15 is 0 Å². The van der Waals surface area contributed by atoms with Gasteiger partial charge >= 0.3 is 5.97 Å². The van der Waals surface area contributed by atoms with Gasteiger partial charge in [-0.2, -0.15) is 0 Å². The van der Waals surface area contributed by atoms with Crippen LogP contribution in [-0.2, 0) is 11.3 Å². The molecule has 2 aromatic carbocycles. The van der Waals surface area contributed by atoms with Crippen molar-refractivity contribution in [3.8, 4) is 28.7 Å². The van der Waals surface area contributed by atoms with Crippen LogP contribution in [0.1, 0.15) is 15.9 Å². The standard InChI is InChI=1S/C15H14O7/c1-21-13-4-8(2-3-10(13)16)7-22-15(20)9-5-11(17)14(19)12(18)6-9/h2-6,16-19H,7H2,1H3. The van der Waals surface area contributed by atoms with Crippen LogP contribution in [0.5, 0.6) is 28.7 Å². The largest absolute Gasteiger partial charge is 0.504 e.